The van der Waals surface area contributed by atoms with Gasteiger partial charge in [-0.15, -0.1) is 0 Å². The number of carbonyl (C=O) groups is 3. The maximum absolute atomic E-state index is 13.9. The lowest BCUT2D eigenvalue weighted by atomic mass is 9.64. The van der Waals surface area contributed by atoms with Gasteiger partial charge in [0, 0.05) is 11.5 Å². The van der Waals surface area contributed by atoms with E-state index in [0.29, 0.717) is 23.8 Å². The number of nitrogens with zero attached hydrogens (tertiary/aromatic N) is 1. The smallest absolute Gasteiger partial charge is 0.319 e. The van der Waals surface area contributed by atoms with Crippen molar-refractivity contribution in [3.63, 3.8) is 0 Å². The van der Waals surface area contributed by atoms with E-state index < -0.39 is 23.7 Å². The zero-order valence-electron chi connectivity index (χ0n) is 20.0. The van der Waals surface area contributed by atoms with Gasteiger partial charge >= 0.3 is 5.97 Å². The third-order valence-electron chi connectivity index (χ3n) is 7.34. The Morgan fingerprint density at radius 3 is 2.33 bits per heavy atom. The Morgan fingerprint density at radius 2 is 1.61 bits per heavy atom. The summed E-state index contributed by atoms with van der Waals surface area (Å²) in [6.45, 7) is 4.35. The first-order chi connectivity index (χ1) is 17.5. The van der Waals surface area contributed by atoms with Gasteiger partial charge < -0.3 is 9.47 Å². The van der Waals surface area contributed by atoms with Crippen molar-refractivity contribution in [2.45, 2.75) is 19.8 Å². The van der Waals surface area contributed by atoms with E-state index in [1.165, 1.54) is 4.90 Å². The van der Waals surface area contributed by atoms with E-state index in [-0.39, 0.29) is 17.7 Å². The highest BCUT2D eigenvalue weighted by atomic mass is 16.5. The van der Waals surface area contributed by atoms with Crippen molar-refractivity contribution >= 4 is 29.0 Å². The molecular formula is C30H25NO5. The predicted molar refractivity (Wildman–Crippen MR) is 135 cm³/mol. The van der Waals surface area contributed by atoms with Crippen molar-refractivity contribution in [1.82, 2.24) is 0 Å². The molecule has 1 aliphatic carbocycles. The molecule has 0 aromatic heterocycles. The number of ether oxygens (including phenoxy) is 2. The molecule has 36 heavy (non-hydrogen) atoms. The van der Waals surface area contributed by atoms with Crippen molar-refractivity contribution in [2.24, 2.45) is 17.8 Å². The van der Waals surface area contributed by atoms with Crippen LogP contribution in [0.3, 0.4) is 0 Å². The number of carbonyl (C=O) groups excluding carboxylic acids is 3. The van der Waals surface area contributed by atoms with E-state index in [0.717, 1.165) is 22.3 Å². The third kappa shape index (κ3) is 3.36. The maximum atomic E-state index is 13.9. The number of allylic oxidation sites excluding steroid dienone is 1. The van der Waals surface area contributed by atoms with E-state index in [1.54, 1.807) is 24.3 Å². The number of esters is 1. The van der Waals surface area contributed by atoms with Gasteiger partial charge in [-0.1, -0.05) is 48.5 Å². The minimum Gasteiger partial charge on any atom is -0.494 e. The molecule has 2 amide bonds. The third-order valence-corrected chi connectivity index (χ3v) is 7.34. The molecule has 1 fully saturated rings. The zero-order valence-corrected chi connectivity index (χ0v) is 20.0. The first kappa shape index (κ1) is 22.3. The summed E-state index contributed by atoms with van der Waals surface area (Å²) in [4.78, 5) is 42.4. The van der Waals surface area contributed by atoms with Crippen molar-refractivity contribution < 1.29 is 23.9 Å². The molecule has 0 spiro atoms. The molecule has 3 aliphatic rings. The molecule has 6 heteroatoms. The van der Waals surface area contributed by atoms with Gasteiger partial charge in [-0.2, -0.15) is 0 Å². The number of amides is 2. The monoisotopic (exact) mass is 479 g/mol. The molecule has 2 aliphatic heterocycles. The largest absolute Gasteiger partial charge is 0.494 e. The van der Waals surface area contributed by atoms with Crippen LogP contribution in [-0.2, 0) is 14.4 Å². The van der Waals surface area contributed by atoms with Crippen LogP contribution in [0, 0.1) is 24.7 Å². The quantitative estimate of drug-likeness (QED) is 0.302. The van der Waals surface area contributed by atoms with Gasteiger partial charge in [0.1, 0.15) is 11.5 Å². The van der Waals surface area contributed by atoms with Crippen LogP contribution in [0.25, 0.3) is 5.57 Å². The molecule has 1 saturated heterocycles. The number of hydrogen-bond donors (Lipinski definition) is 0. The summed E-state index contributed by atoms with van der Waals surface area (Å²) in [5.74, 6) is -2.77. The van der Waals surface area contributed by atoms with Gasteiger partial charge in [0.05, 0.1) is 30.0 Å². The normalized spacial score (nSPS) is 24.4. The van der Waals surface area contributed by atoms with Gasteiger partial charge in [0.2, 0.25) is 11.8 Å². The molecule has 0 bridgehead atoms. The zero-order chi connectivity index (χ0) is 25.0. The first-order valence-electron chi connectivity index (χ1n) is 12.2. The molecule has 0 unspecified atom stereocenters. The van der Waals surface area contributed by atoms with Crippen molar-refractivity contribution in [3.8, 4) is 11.5 Å². The summed E-state index contributed by atoms with van der Waals surface area (Å²) in [6.07, 6.45) is 2.00. The van der Waals surface area contributed by atoms with Crippen LogP contribution >= 0.6 is 0 Å². The van der Waals surface area contributed by atoms with Gasteiger partial charge in [-0.3, -0.25) is 14.4 Å². The number of rotatable bonds is 4. The Kier molecular flexibility index (Phi) is 5.25. The van der Waals surface area contributed by atoms with Gasteiger partial charge in [0.25, 0.3) is 0 Å². The molecule has 2 heterocycles. The summed E-state index contributed by atoms with van der Waals surface area (Å²) >= 11 is 0. The molecule has 0 radical (unpaired) electrons. The lowest BCUT2D eigenvalue weighted by Gasteiger charge is -2.38. The van der Waals surface area contributed by atoms with Crippen molar-refractivity contribution in [1.29, 1.82) is 0 Å². The van der Waals surface area contributed by atoms with Crippen LogP contribution in [0.4, 0.5) is 5.69 Å². The highest BCUT2D eigenvalue weighted by Crippen LogP contribution is 2.54. The lowest BCUT2D eigenvalue weighted by Crippen LogP contribution is -2.42. The molecule has 180 valence electrons. The fourth-order valence-corrected chi connectivity index (χ4v) is 5.78. The second-order valence-electron chi connectivity index (χ2n) is 9.45. The van der Waals surface area contributed by atoms with E-state index in [4.69, 9.17) is 9.47 Å². The van der Waals surface area contributed by atoms with Crippen LogP contribution in [-0.4, -0.2) is 24.4 Å². The highest BCUT2D eigenvalue weighted by molar-refractivity contribution is 6.24. The SMILES string of the molecule is CCOc1ccc(N2C(=O)[C@@H]3[C@@H]4C(=O)Oc5cc(C)ccc5C4=C[C@@H](c4ccccc4)[C@@H]3C2=O)cc1. The average molecular weight is 480 g/mol. The number of fused-ring (bicyclic) bond motifs is 5. The minimum atomic E-state index is -0.851. The number of anilines is 1. The van der Waals surface area contributed by atoms with E-state index in [9.17, 15) is 14.4 Å². The number of benzene rings is 3. The second-order valence-corrected chi connectivity index (χ2v) is 9.45. The van der Waals surface area contributed by atoms with Crippen LogP contribution < -0.4 is 14.4 Å². The Hall–Kier alpha value is -4.19. The molecule has 0 saturated carbocycles. The highest BCUT2D eigenvalue weighted by Gasteiger charge is 2.60. The molecule has 3 aromatic rings. The van der Waals surface area contributed by atoms with Gasteiger partial charge in [0.15, 0.2) is 0 Å². The summed E-state index contributed by atoms with van der Waals surface area (Å²) in [5.41, 5.74) is 3.93. The number of aryl methyl sites for hydroxylation is 1. The lowest BCUT2D eigenvalue weighted by molar-refractivity contribution is -0.142. The number of hydrogen-bond acceptors (Lipinski definition) is 5. The molecule has 4 atom stereocenters. The number of imide groups is 1. The summed E-state index contributed by atoms with van der Waals surface area (Å²) in [6, 6.07) is 22.3. The molecule has 0 N–H and O–H groups in total. The fraction of sp³-hybridized carbons (Fsp3) is 0.233. The van der Waals surface area contributed by atoms with Gasteiger partial charge in [-0.25, -0.2) is 4.90 Å². The topological polar surface area (TPSA) is 72.9 Å². The van der Waals surface area contributed by atoms with Crippen LogP contribution in [0.2, 0.25) is 0 Å². The summed E-state index contributed by atoms with van der Waals surface area (Å²) in [7, 11) is 0. The van der Waals surface area contributed by atoms with Crippen molar-refractivity contribution in [2.75, 3.05) is 11.5 Å². The van der Waals surface area contributed by atoms with E-state index in [1.807, 2.05) is 68.5 Å². The first-order valence-corrected chi connectivity index (χ1v) is 12.2. The van der Waals surface area contributed by atoms with E-state index >= 15 is 0 Å². The minimum absolute atomic E-state index is 0.305. The Labute approximate surface area is 209 Å². The predicted octanol–water partition coefficient (Wildman–Crippen LogP) is 4.92. The van der Waals surface area contributed by atoms with Crippen molar-refractivity contribution in [3.05, 3.63) is 95.6 Å². The molecular weight excluding hydrogens is 454 g/mol. The Bertz CT molecular complexity index is 1410. The standard InChI is InChI=1S/C30H25NO5/c1-3-35-20-12-10-19(11-13-20)31-28(32)25-22(18-7-5-4-6-8-18)16-23-21-14-9-17(2)15-24(21)36-30(34)26(23)27(25)29(31)33/h4-16,22,25-27H,3H2,1-2H3/t22-,25-,26+,27-/m0/s1. The summed E-state index contributed by atoms with van der Waals surface area (Å²) in [5, 5.41) is 0. The fourth-order valence-electron chi connectivity index (χ4n) is 5.78. The molecule has 3 aromatic carbocycles. The molecule has 6 nitrogen and oxygen atoms in total. The maximum Gasteiger partial charge on any atom is 0.319 e. The van der Waals surface area contributed by atoms with E-state index in [2.05, 4.69) is 0 Å². The van der Waals surface area contributed by atoms with Crippen LogP contribution in [0.5, 0.6) is 11.5 Å². The Morgan fingerprint density at radius 1 is 0.889 bits per heavy atom. The van der Waals surface area contributed by atoms with Gasteiger partial charge in [-0.05, 0) is 60.9 Å². The van der Waals surface area contributed by atoms with Crippen LogP contribution in [0.1, 0.15) is 29.5 Å². The average Bonchev–Trinajstić information content (AvgIpc) is 3.14. The second kappa shape index (κ2) is 8.48. The summed E-state index contributed by atoms with van der Waals surface area (Å²) < 4.78 is 11.2. The van der Waals surface area contributed by atoms with Crippen LogP contribution in [0.15, 0.2) is 78.9 Å². The Balaban J connectivity index is 1.50. The molecule has 6 rings (SSSR count).